The van der Waals surface area contributed by atoms with Crippen LogP contribution in [0.3, 0.4) is 0 Å². The molecule has 0 radical (unpaired) electrons. The summed E-state index contributed by atoms with van der Waals surface area (Å²) in [4.78, 5) is 10.2. The highest BCUT2D eigenvalue weighted by molar-refractivity contribution is 5.50. The van der Waals surface area contributed by atoms with Crippen LogP contribution in [-0.2, 0) is 4.79 Å². The van der Waals surface area contributed by atoms with Crippen molar-refractivity contribution in [1.82, 2.24) is 0 Å². The maximum atomic E-state index is 10.2. The number of hydrogen-bond donors (Lipinski definition) is 0. The molecule has 0 aromatic rings. The molecular formula is C10H16O. The molecule has 1 unspecified atom stereocenters. The lowest BCUT2D eigenvalue weighted by atomic mass is 9.89. The summed E-state index contributed by atoms with van der Waals surface area (Å²) in [6.07, 6.45) is 9.13. The molecule has 1 heteroatoms. The van der Waals surface area contributed by atoms with Crippen molar-refractivity contribution >= 4 is 6.29 Å². The Morgan fingerprint density at radius 2 is 2.45 bits per heavy atom. The molecule has 1 aliphatic carbocycles. The van der Waals surface area contributed by atoms with Crippen LogP contribution in [0.2, 0.25) is 0 Å². The van der Waals surface area contributed by atoms with E-state index in [9.17, 15) is 4.79 Å². The molecule has 62 valence electrons. The van der Waals surface area contributed by atoms with Gasteiger partial charge in [-0.25, -0.2) is 0 Å². The van der Waals surface area contributed by atoms with Gasteiger partial charge in [-0.2, -0.15) is 0 Å². The van der Waals surface area contributed by atoms with Crippen molar-refractivity contribution in [3.05, 3.63) is 11.6 Å². The Balaban J connectivity index is 2.43. The Morgan fingerprint density at radius 3 is 3.00 bits per heavy atom. The Bertz CT molecular complexity index is 158. The number of carbonyl (C=O) groups is 1. The fourth-order valence-corrected chi connectivity index (χ4v) is 1.61. The minimum Gasteiger partial charge on any atom is -0.303 e. The number of hydrogen-bond acceptors (Lipinski definition) is 1. The van der Waals surface area contributed by atoms with Gasteiger partial charge in [-0.15, -0.1) is 0 Å². The number of carbonyl (C=O) groups excluding carboxylic acids is 1. The van der Waals surface area contributed by atoms with E-state index in [-0.39, 0.29) is 0 Å². The summed E-state index contributed by atoms with van der Waals surface area (Å²) in [5, 5.41) is 0. The van der Waals surface area contributed by atoms with Crippen LogP contribution in [-0.4, -0.2) is 6.29 Å². The van der Waals surface area contributed by atoms with Crippen LogP contribution < -0.4 is 0 Å². The zero-order valence-electron chi connectivity index (χ0n) is 7.18. The van der Waals surface area contributed by atoms with Crippen molar-refractivity contribution in [2.75, 3.05) is 0 Å². The van der Waals surface area contributed by atoms with E-state index in [2.05, 4.69) is 13.0 Å². The molecule has 1 nitrogen and oxygen atoms in total. The van der Waals surface area contributed by atoms with E-state index in [4.69, 9.17) is 0 Å². The molecule has 0 saturated carbocycles. The lowest BCUT2D eigenvalue weighted by Crippen LogP contribution is -2.03. The molecule has 0 aromatic carbocycles. The Kier molecular flexibility index (Phi) is 3.34. The minimum absolute atomic E-state index is 0.493. The first-order chi connectivity index (χ1) is 5.34. The predicted octanol–water partition coefficient (Wildman–Crippen LogP) is 2.71. The molecule has 0 bridgehead atoms. The van der Waals surface area contributed by atoms with E-state index < -0.39 is 0 Å². The molecule has 0 heterocycles. The van der Waals surface area contributed by atoms with Crippen LogP contribution in [0.1, 0.15) is 39.0 Å². The summed E-state index contributed by atoms with van der Waals surface area (Å²) >= 11 is 0. The second-order valence-electron chi connectivity index (χ2n) is 3.33. The van der Waals surface area contributed by atoms with Crippen LogP contribution in [0.25, 0.3) is 0 Å². The SMILES string of the molecule is CC(CC=O)C1=CCCCC1. The van der Waals surface area contributed by atoms with Crippen LogP contribution >= 0.6 is 0 Å². The van der Waals surface area contributed by atoms with Gasteiger partial charge in [0.15, 0.2) is 0 Å². The van der Waals surface area contributed by atoms with Crippen molar-refractivity contribution in [3.8, 4) is 0 Å². The Hall–Kier alpha value is -0.590. The summed E-state index contributed by atoms with van der Waals surface area (Å²) in [5.41, 5.74) is 1.50. The average molecular weight is 152 g/mol. The summed E-state index contributed by atoms with van der Waals surface area (Å²) in [6.45, 7) is 2.14. The molecular weight excluding hydrogens is 136 g/mol. The van der Waals surface area contributed by atoms with E-state index in [1.54, 1.807) is 0 Å². The molecule has 0 fully saturated rings. The van der Waals surface area contributed by atoms with Gasteiger partial charge in [0.2, 0.25) is 0 Å². The maximum Gasteiger partial charge on any atom is 0.120 e. The highest BCUT2D eigenvalue weighted by Crippen LogP contribution is 2.25. The van der Waals surface area contributed by atoms with Crippen LogP contribution in [0.15, 0.2) is 11.6 Å². The van der Waals surface area contributed by atoms with E-state index in [0.29, 0.717) is 12.3 Å². The average Bonchev–Trinajstić information content (AvgIpc) is 2.07. The van der Waals surface area contributed by atoms with Crippen LogP contribution in [0.5, 0.6) is 0 Å². The summed E-state index contributed by atoms with van der Waals surface area (Å²) in [6, 6.07) is 0. The third-order valence-corrected chi connectivity index (χ3v) is 2.41. The van der Waals surface area contributed by atoms with Gasteiger partial charge in [0.25, 0.3) is 0 Å². The van der Waals surface area contributed by atoms with Crippen molar-refractivity contribution in [2.45, 2.75) is 39.0 Å². The fourth-order valence-electron chi connectivity index (χ4n) is 1.61. The molecule has 0 spiro atoms. The van der Waals surface area contributed by atoms with Gasteiger partial charge in [-0.3, -0.25) is 0 Å². The lowest BCUT2D eigenvalue weighted by Gasteiger charge is -2.17. The zero-order valence-corrected chi connectivity index (χ0v) is 7.18. The van der Waals surface area contributed by atoms with E-state index >= 15 is 0 Å². The third-order valence-electron chi connectivity index (χ3n) is 2.41. The Morgan fingerprint density at radius 1 is 1.64 bits per heavy atom. The first kappa shape index (κ1) is 8.51. The van der Waals surface area contributed by atoms with Gasteiger partial charge < -0.3 is 4.79 Å². The van der Waals surface area contributed by atoms with Crippen molar-refractivity contribution in [1.29, 1.82) is 0 Å². The molecule has 11 heavy (non-hydrogen) atoms. The largest absolute Gasteiger partial charge is 0.303 e. The maximum absolute atomic E-state index is 10.2. The standard InChI is InChI=1S/C10H16O/c1-9(7-8-11)10-5-3-2-4-6-10/h5,8-9H,2-4,6-7H2,1H3. The monoisotopic (exact) mass is 152 g/mol. The number of aldehydes is 1. The fraction of sp³-hybridized carbons (Fsp3) is 0.700. The summed E-state index contributed by atoms with van der Waals surface area (Å²) in [7, 11) is 0. The van der Waals surface area contributed by atoms with Gasteiger partial charge in [-0.05, 0) is 31.6 Å². The predicted molar refractivity (Wildman–Crippen MR) is 46.4 cm³/mol. The second kappa shape index (κ2) is 4.32. The Labute approximate surface area is 68.5 Å². The van der Waals surface area contributed by atoms with Crippen molar-refractivity contribution in [3.63, 3.8) is 0 Å². The molecule has 0 amide bonds. The van der Waals surface area contributed by atoms with Crippen LogP contribution in [0, 0.1) is 5.92 Å². The first-order valence-electron chi connectivity index (χ1n) is 4.47. The summed E-state index contributed by atoms with van der Waals surface area (Å²) in [5.74, 6) is 0.493. The highest BCUT2D eigenvalue weighted by Gasteiger charge is 2.10. The number of allylic oxidation sites excluding steroid dienone is 2. The molecule has 0 aromatic heterocycles. The second-order valence-corrected chi connectivity index (χ2v) is 3.33. The lowest BCUT2D eigenvalue weighted by molar-refractivity contribution is -0.108. The number of rotatable bonds is 3. The molecule has 0 N–H and O–H groups in total. The topological polar surface area (TPSA) is 17.1 Å². The molecule has 0 saturated heterocycles. The highest BCUT2D eigenvalue weighted by atomic mass is 16.1. The zero-order chi connectivity index (χ0) is 8.10. The van der Waals surface area contributed by atoms with Gasteiger partial charge >= 0.3 is 0 Å². The third kappa shape index (κ3) is 2.49. The quantitative estimate of drug-likeness (QED) is 0.449. The van der Waals surface area contributed by atoms with Crippen LogP contribution in [0.4, 0.5) is 0 Å². The molecule has 1 aliphatic rings. The van der Waals surface area contributed by atoms with Gasteiger partial charge in [-0.1, -0.05) is 18.6 Å². The molecule has 1 atom stereocenters. The van der Waals surface area contributed by atoms with Gasteiger partial charge in [0.1, 0.15) is 6.29 Å². The molecule has 1 rings (SSSR count). The minimum atomic E-state index is 0.493. The van der Waals surface area contributed by atoms with Gasteiger partial charge in [0, 0.05) is 6.42 Å². The normalized spacial score (nSPS) is 20.6. The van der Waals surface area contributed by atoms with Crippen molar-refractivity contribution in [2.24, 2.45) is 5.92 Å². The molecule has 0 aliphatic heterocycles. The first-order valence-corrected chi connectivity index (χ1v) is 4.47. The van der Waals surface area contributed by atoms with E-state index in [0.717, 1.165) is 6.29 Å². The van der Waals surface area contributed by atoms with E-state index in [1.165, 1.54) is 31.3 Å². The smallest absolute Gasteiger partial charge is 0.120 e. The van der Waals surface area contributed by atoms with Crippen molar-refractivity contribution < 1.29 is 4.79 Å². The van der Waals surface area contributed by atoms with E-state index in [1.807, 2.05) is 0 Å². The van der Waals surface area contributed by atoms with Gasteiger partial charge in [0.05, 0.1) is 0 Å². The summed E-state index contributed by atoms with van der Waals surface area (Å²) < 4.78 is 0.